The van der Waals surface area contributed by atoms with Crippen LogP contribution in [0.25, 0.3) is 0 Å². The van der Waals surface area contributed by atoms with Gasteiger partial charge in [-0.1, -0.05) is 6.58 Å². The maximum Gasteiger partial charge on any atom is 0.311 e. The number of carbonyl (C=O) groups excluding carboxylic acids is 1. The third-order valence-corrected chi connectivity index (χ3v) is 1.98. The lowest BCUT2D eigenvalue weighted by molar-refractivity contribution is -0.146. The van der Waals surface area contributed by atoms with Crippen molar-refractivity contribution in [1.29, 1.82) is 0 Å². The average Bonchev–Trinajstić information content (AvgIpc) is 2.02. The molecule has 0 radical (unpaired) electrons. The largest absolute Gasteiger partial charge is 0.481 e. The molecule has 0 aromatic rings. The smallest absolute Gasteiger partial charge is 0.311 e. The molecule has 0 aliphatic heterocycles. The summed E-state index contributed by atoms with van der Waals surface area (Å²) in [7, 11) is 0. The van der Waals surface area contributed by atoms with Crippen molar-refractivity contribution in [2.45, 2.75) is 19.4 Å². The second-order valence-corrected chi connectivity index (χ2v) is 3.49. The predicted octanol–water partition coefficient (Wildman–Crippen LogP) is -0.240. The molecule has 0 aromatic carbocycles. The number of carboxylic acids is 1. The number of amides is 1. The SMILES string of the molecule is C=CC(=O)NC(C)(C)C(CO)C(=O)O. The Labute approximate surface area is 82.4 Å². The molecule has 1 amide bonds. The van der Waals surface area contributed by atoms with Gasteiger partial charge in [0.2, 0.25) is 5.91 Å². The fraction of sp³-hybridized carbons (Fsp3) is 0.556. The number of aliphatic carboxylic acids is 1. The second-order valence-electron chi connectivity index (χ2n) is 3.49. The molecule has 1 atom stereocenters. The highest BCUT2D eigenvalue weighted by Crippen LogP contribution is 2.16. The predicted molar refractivity (Wildman–Crippen MR) is 50.6 cm³/mol. The van der Waals surface area contributed by atoms with Crippen LogP contribution in [0.5, 0.6) is 0 Å². The number of carboxylic acid groups (broad SMARTS) is 1. The molecule has 0 aromatic heterocycles. The van der Waals surface area contributed by atoms with Crippen LogP contribution >= 0.6 is 0 Å². The van der Waals surface area contributed by atoms with E-state index in [0.717, 1.165) is 6.08 Å². The van der Waals surface area contributed by atoms with E-state index in [4.69, 9.17) is 10.2 Å². The number of nitrogens with one attached hydrogen (secondary N) is 1. The van der Waals surface area contributed by atoms with Gasteiger partial charge in [0, 0.05) is 0 Å². The van der Waals surface area contributed by atoms with Crippen LogP contribution in [0.3, 0.4) is 0 Å². The van der Waals surface area contributed by atoms with Crippen LogP contribution in [-0.4, -0.2) is 34.2 Å². The Kier molecular flexibility index (Phi) is 4.30. The summed E-state index contributed by atoms with van der Waals surface area (Å²) < 4.78 is 0. The van der Waals surface area contributed by atoms with Crippen LogP contribution in [0, 0.1) is 5.92 Å². The lowest BCUT2D eigenvalue weighted by atomic mass is 9.88. The summed E-state index contributed by atoms with van der Waals surface area (Å²) in [5, 5.41) is 20.1. The normalized spacial score (nSPS) is 13.1. The maximum atomic E-state index is 11.0. The van der Waals surface area contributed by atoms with Gasteiger partial charge in [-0.3, -0.25) is 9.59 Å². The number of rotatable bonds is 5. The Morgan fingerprint density at radius 3 is 2.36 bits per heavy atom. The molecular weight excluding hydrogens is 186 g/mol. The Bertz CT molecular complexity index is 247. The molecule has 14 heavy (non-hydrogen) atoms. The highest BCUT2D eigenvalue weighted by molar-refractivity contribution is 5.88. The van der Waals surface area contributed by atoms with Crippen LogP contribution in [0.2, 0.25) is 0 Å². The zero-order chi connectivity index (χ0) is 11.4. The molecule has 5 nitrogen and oxygen atoms in total. The minimum Gasteiger partial charge on any atom is -0.481 e. The molecule has 0 aliphatic carbocycles. The Morgan fingerprint density at radius 1 is 1.57 bits per heavy atom. The molecule has 0 heterocycles. The fourth-order valence-electron chi connectivity index (χ4n) is 1.07. The van der Waals surface area contributed by atoms with E-state index in [1.54, 1.807) is 0 Å². The highest BCUT2D eigenvalue weighted by Gasteiger charge is 2.35. The van der Waals surface area contributed by atoms with E-state index in [1.807, 2.05) is 0 Å². The van der Waals surface area contributed by atoms with Gasteiger partial charge in [-0.05, 0) is 19.9 Å². The van der Waals surface area contributed by atoms with E-state index in [1.165, 1.54) is 13.8 Å². The van der Waals surface area contributed by atoms with E-state index in [0.29, 0.717) is 0 Å². The minimum atomic E-state index is -1.15. The Morgan fingerprint density at radius 2 is 2.07 bits per heavy atom. The number of hydrogen-bond acceptors (Lipinski definition) is 3. The topological polar surface area (TPSA) is 86.6 Å². The molecule has 1 unspecified atom stereocenters. The number of aliphatic hydroxyl groups is 1. The molecule has 80 valence electrons. The first-order valence-electron chi connectivity index (χ1n) is 4.13. The van der Waals surface area contributed by atoms with Gasteiger partial charge in [0.05, 0.1) is 12.1 Å². The highest BCUT2D eigenvalue weighted by atomic mass is 16.4. The van der Waals surface area contributed by atoms with E-state index in [9.17, 15) is 9.59 Å². The molecule has 3 N–H and O–H groups in total. The van der Waals surface area contributed by atoms with Crippen molar-refractivity contribution in [2.75, 3.05) is 6.61 Å². The van der Waals surface area contributed by atoms with Crippen LogP contribution in [0.1, 0.15) is 13.8 Å². The average molecular weight is 201 g/mol. The summed E-state index contributed by atoms with van der Waals surface area (Å²) in [5.74, 6) is -2.65. The van der Waals surface area contributed by atoms with Crippen LogP contribution in [-0.2, 0) is 9.59 Å². The van der Waals surface area contributed by atoms with Gasteiger partial charge >= 0.3 is 5.97 Å². The van der Waals surface area contributed by atoms with Gasteiger partial charge in [-0.2, -0.15) is 0 Å². The van der Waals surface area contributed by atoms with Gasteiger partial charge < -0.3 is 15.5 Å². The lowest BCUT2D eigenvalue weighted by Gasteiger charge is -2.30. The maximum absolute atomic E-state index is 11.0. The zero-order valence-electron chi connectivity index (χ0n) is 8.28. The number of aliphatic hydroxyl groups excluding tert-OH is 1. The van der Waals surface area contributed by atoms with Gasteiger partial charge in [0.1, 0.15) is 5.92 Å². The first-order chi connectivity index (χ1) is 6.35. The van der Waals surface area contributed by atoms with E-state index < -0.39 is 29.9 Å². The quantitative estimate of drug-likeness (QED) is 0.536. The first kappa shape index (κ1) is 12.6. The summed E-state index contributed by atoms with van der Waals surface area (Å²) in [5.41, 5.74) is -1.01. The lowest BCUT2D eigenvalue weighted by Crippen LogP contribution is -2.52. The van der Waals surface area contributed by atoms with Crippen molar-refractivity contribution >= 4 is 11.9 Å². The molecule has 0 bridgehead atoms. The Balaban J connectivity index is 4.64. The summed E-state index contributed by atoms with van der Waals surface area (Å²) in [6, 6.07) is 0. The van der Waals surface area contributed by atoms with Gasteiger partial charge in [0.25, 0.3) is 0 Å². The van der Waals surface area contributed by atoms with Crippen molar-refractivity contribution < 1.29 is 19.8 Å². The van der Waals surface area contributed by atoms with Crippen LogP contribution in [0.15, 0.2) is 12.7 Å². The van der Waals surface area contributed by atoms with Crippen molar-refractivity contribution in [2.24, 2.45) is 5.92 Å². The molecule has 0 rings (SSSR count). The molecular formula is C9H15NO4. The van der Waals surface area contributed by atoms with Crippen molar-refractivity contribution in [3.8, 4) is 0 Å². The molecule has 0 saturated carbocycles. The standard InChI is InChI=1S/C9H15NO4/c1-4-7(12)10-9(2,3)6(5-11)8(13)14/h4,6,11H,1,5H2,2-3H3,(H,10,12)(H,13,14). The summed E-state index contributed by atoms with van der Waals surface area (Å²) in [6.07, 6.45) is 1.05. The molecule has 5 heteroatoms. The van der Waals surface area contributed by atoms with Crippen LogP contribution < -0.4 is 5.32 Å². The van der Waals surface area contributed by atoms with Crippen molar-refractivity contribution in [3.05, 3.63) is 12.7 Å². The van der Waals surface area contributed by atoms with E-state index in [-0.39, 0.29) is 0 Å². The molecule has 0 spiro atoms. The van der Waals surface area contributed by atoms with Gasteiger partial charge in [0.15, 0.2) is 0 Å². The monoisotopic (exact) mass is 201 g/mol. The zero-order valence-corrected chi connectivity index (χ0v) is 8.28. The van der Waals surface area contributed by atoms with Gasteiger partial charge in [-0.25, -0.2) is 0 Å². The van der Waals surface area contributed by atoms with E-state index >= 15 is 0 Å². The first-order valence-corrected chi connectivity index (χ1v) is 4.13. The summed E-state index contributed by atoms with van der Waals surface area (Å²) in [4.78, 5) is 21.7. The summed E-state index contributed by atoms with van der Waals surface area (Å²) >= 11 is 0. The summed E-state index contributed by atoms with van der Waals surface area (Å²) in [6.45, 7) is 5.79. The Hall–Kier alpha value is -1.36. The minimum absolute atomic E-state index is 0.463. The third-order valence-electron chi connectivity index (χ3n) is 1.98. The molecule has 0 saturated heterocycles. The molecule has 0 aliphatic rings. The van der Waals surface area contributed by atoms with Gasteiger partial charge in [-0.15, -0.1) is 0 Å². The van der Waals surface area contributed by atoms with Crippen LogP contribution in [0.4, 0.5) is 0 Å². The van der Waals surface area contributed by atoms with Crippen molar-refractivity contribution in [1.82, 2.24) is 5.32 Å². The second kappa shape index (κ2) is 4.76. The number of hydrogen-bond donors (Lipinski definition) is 3. The fourth-order valence-corrected chi connectivity index (χ4v) is 1.07. The number of carbonyl (C=O) groups is 2. The van der Waals surface area contributed by atoms with E-state index in [2.05, 4.69) is 11.9 Å². The third kappa shape index (κ3) is 3.18. The molecule has 0 fully saturated rings. The van der Waals surface area contributed by atoms with Crippen molar-refractivity contribution in [3.63, 3.8) is 0 Å².